The van der Waals surface area contributed by atoms with Gasteiger partial charge in [-0.3, -0.25) is 4.79 Å². The fourth-order valence-electron chi connectivity index (χ4n) is 1.13. The summed E-state index contributed by atoms with van der Waals surface area (Å²) in [6.45, 7) is 4.94. The van der Waals surface area contributed by atoms with E-state index in [9.17, 15) is 4.79 Å². The van der Waals surface area contributed by atoms with Crippen LogP contribution in [0.15, 0.2) is 0 Å². The molecule has 2 atom stereocenters. The molecule has 15 heavy (non-hydrogen) atoms. The quantitative estimate of drug-likeness (QED) is 0.498. The van der Waals surface area contributed by atoms with Crippen LogP contribution in [0.25, 0.3) is 0 Å². The molecule has 90 valence electrons. The second-order valence-electron chi connectivity index (χ2n) is 3.66. The number of nitrogens with two attached hydrogens (primary N) is 1. The average molecular weight is 234 g/mol. The van der Waals surface area contributed by atoms with Crippen LogP contribution in [-0.2, 0) is 4.79 Å². The zero-order chi connectivity index (χ0) is 11.7. The van der Waals surface area contributed by atoms with Crippen molar-refractivity contribution < 1.29 is 9.90 Å². The predicted molar refractivity (Wildman–Crippen MR) is 64.9 cm³/mol. The highest BCUT2D eigenvalue weighted by atomic mass is 32.2. The Morgan fingerprint density at radius 2 is 2.27 bits per heavy atom. The highest BCUT2D eigenvalue weighted by Gasteiger charge is 2.13. The lowest BCUT2D eigenvalue weighted by Gasteiger charge is -2.14. The standard InChI is InChI=1S/C10H22N2O2S/c1-3-12-9(10(11)14)4-5-15-7-8(2)6-13/h8-9,12-13H,3-7H2,1-2H3,(H2,11,14). The van der Waals surface area contributed by atoms with Gasteiger partial charge in [-0.15, -0.1) is 0 Å². The smallest absolute Gasteiger partial charge is 0.234 e. The van der Waals surface area contributed by atoms with Gasteiger partial charge in [-0.1, -0.05) is 13.8 Å². The monoisotopic (exact) mass is 234 g/mol. The fraction of sp³-hybridized carbons (Fsp3) is 0.900. The topological polar surface area (TPSA) is 75.3 Å². The Hall–Kier alpha value is -0.260. The maximum Gasteiger partial charge on any atom is 0.234 e. The molecule has 0 rings (SSSR count). The van der Waals surface area contributed by atoms with Crippen molar-refractivity contribution in [2.24, 2.45) is 11.7 Å². The first-order valence-corrected chi connectivity index (χ1v) is 6.48. The minimum absolute atomic E-state index is 0.216. The molecule has 0 aliphatic heterocycles. The van der Waals surface area contributed by atoms with Crippen LogP contribution in [0.5, 0.6) is 0 Å². The summed E-state index contributed by atoms with van der Waals surface area (Å²) >= 11 is 1.75. The van der Waals surface area contributed by atoms with E-state index in [0.717, 1.165) is 24.5 Å². The summed E-state index contributed by atoms with van der Waals surface area (Å²) in [4.78, 5) is 11.0. The lowest BCUT2D eigenvalue weighted by atomic mass is 10.2. The van der Waals surface area contributed by atoms with Crippen molar-refractivity contribution in [1.82, 2.24) is 5.32 Å². The molecule has 0 fully saturated rings. The van der Waals surface area contributed by atoms with E-state index >= 15 is 0 Å². The number of amides is 1. The number of primary amides is 1. The third-order valence-corrected chi connectivity index (χ3v) is 3.39. The van der Waals surface area contributed by atoms with Crippen molar-refractivity contribution in [2.75, 3.05) is 24.7 Å². The largest absolute Gasteiger partial charge is 0.396 e. The number of aliphatic hydroxyl groups excluding tert-OH is 1. The average Bonchev–Trinajstić information content (AvgIpc) is 2.21. The van der Waals surface area contributed by atoms with Gasteiger partial charge in [0.15, 0.2) is 0 Å². The van der Waals surface area contributed by atoms with E-state index in [1.807, 2.05) is 13.8 Å². The Morgan fingerprint density at radius 3 is 2.73 bits per heavy atom. The van der Waals surface area contributed by atoms with Crippen LogP contribution in [0.3, 0.4) is 0 Å². The van der Waals surface area contributed by atoms with E-state index in [0.29, 0.717) is 5.92 Å². The van der Waals surface area contributed by atoms with Crippen LogP contribution < -0.4 is 11.1 Å². The molecule has 0 aliphatic rings. The van der Waals surface area contributed by atoms with Crippen LogP contribution in [0, 0.1) is 5.92 Å². The van der Waals surface area contributed by atoms with Gasteiger partial charge in [0.1, 0.15) is 0 Å². The molecule has 1 amide bonds. The molecule has 0 aliphatic carbocycles. The zero-order valence-electron chi connectivity index (χ0n) is 9.53. The number of thioether (sulfide) groups is 1. The van der Waals surface area contributed by atoms with Crippen LogP contribution in [0.2, 0.25) is 0 Å². The number of aliphatic hydroxyl groups is 1. The Bertz CT molecular complexity index is 179. The molecular formula is C10H22N2O2S. The third kappa shape index (κ3) is 7.64. The minimum Gasteiger partial charge on any atom is -0.396 e. The molecule has 0 radical (unpaired) electrons. The predicted octanol–water partition coefficient (Wildman–Crippen LogP) is 0.202. The number of hydrogen-bond acceptors (Lipinski definition) is 4. The zero-order valence-corrected chi connectivity index (χ0v) is 10.3. The first kappa shape index (κ1) is 14.7. The normalized spacial score (nSPS) is 14.9. The van der Waals surface area contributed by atoms with Crippen molar-refractivity contribution in [3.8, 4) is 0 Å². The van der Waals surface area contributed by atoms with Gasteiger partial charge < -0.3 is 16.2 Å². The molecule has 4 nitrogen and oxygen atoms in total. The first-order valence-electron chi connectivity index (χ1n) is 5.33. The van der Waals surface area contributed by atoms with Crippen LogP contribution in [0.1, 0.15) is 20.3 Å². The van der Waals surface area contributed by atoms with E-state index in [4.69, 9.17) is 10.8 Å². The molecule has 4 N–H and O–H groups in total. The minimum atomic E-state index is -0.285. The molecule has 5 heteroatoms. The van der Waals surface area contributed by atoms with E-state index in [-0.39, 0.29) is 18.6 Å². The van der Waals surface area contributed by atoms with Gasteiger partial charge in [0.05, 0.1) is 6.04 Å². The van der Waals surface area contributed by atoms with Crippen molar-refractivity contribution in [1.29, 1.82) is 0 Å². The van der Waals surface area contributed by atoms with E-state index in [2.05, 4.69) is 5.32 Å². The van der Waals surface area contributed by atoms with Gasteiger partial charge in [-0.2, -0.15) is 11.8 Å². The molecule has 0 heterocycles. The summed E-state index contributed by atoms with van der Waals surface area (Å²) in [6, 6.07) is -0.216. The number of hydrogen-bond donors (Lipinski definition) is 3. The number of carbonyl (C=O) groups is 1. The Balaban J connectivity index is 3.58. The van der Waals surface area contributed by atoms with Gasteiger partial charge >= 0.3 is 0 Å². The van der Waals surface area contributed by atoms with E-state index in [1.165, 1.54) is 0 Å². The Labute approximate surface area is 96.0 Å². The second-order valence-corrected chi connectivity index (χ2v) is 4.81. The number of carbonyl (C=O) groups excluding carboxylic acids is 1. The SMILES string of the molecule is CCNC(CCSCC(C)CO)C(N)=O. The van der Waals surface area contributed by atoms with Crippen molar-refractivity contribution >= 4 is 17.7 Å². The van der Waals surface area contributed by atoms with Crippen LogP contribution >= 0.6 is 11.8 Å². The highest BCUT2D eigenvalue weighted by Crippen LogP contribution is 2.10. The van der Waals surface area contributed by atoms with Crippen LogP contribution in [-0.4, -0.2) is 41.7 Å². The summed E-state index contributed by atoms with van der Waals surface area (Å²) in [6.07, 6.45) is 0.756. The van der Waals surface area contributed by atoms with Gasteiger partial charge in [-0.05, 0) is 30.4 Å². The summed E-state index contributed by atoms with van der Waals surface area (Å²) in [5.74, 6) is 1.85. The lowest BCUT2D eigenvalue weighted by molar-refractivity contribution is -0.120. The molecule has 2 unspecified atom stereocenters. The second kappa shape index (κ2) is 9.00. The molecule has 0 bridgehead atoms. The number of likely N-dealkylation sites (N-methyl/N-ethyl adjacent to an activating group) is 1. The van der Waals surface area contributed by atoms with Crippen LogP contribution in [0.4, 0.5) is 0 Å². The summed E-state index contributed by atoms with van der Waals surface area (Å²) in [5.41, 5.74) is 5.24. The first-order chi connectivity index (χ1) is 7.11. The molecule has 0 spiro atoms. The lowest BCUT2D eigenvalue weighted by Crippen LogP contribution is -2.41. The molecule has 0 aromatic carbocycles. The summed E-state index contributed by atoms with van der Waals surface area (Å²) in [5, 5.41) is 11.9. The van der Waals surface area contributed by atoms with E-state index < -0.39 is 0 Å². The van der Waals surface area contributed by atoms with Gasteiger partial charge in [0, 0.05) is 6.61 Å². The molecular weight excluding hydrogens is 212 g/mol. The molecule has 0 saturated carbocycles. The maximum atomic E-state index is 11.0. The Kier molecular flexibility index (Phi) is 8.85. The number of rotatable bonds is 9. The summed E-state index contributed by atoms with van der Waals surface area (Å²) in [7, 11) is 0. The fourth-order valence-corrected chi connectivity index (χ4v) is 2.21. The molecule has 0 saturated heterocycles. The number of nitrogens with one attached hydrogen (secondary N) is 1. The van der Waals surface area contributed by atoms with Crippen molar-refractivity contribution in [3.05, 3.63) is 0 Å². The van der Waals surface area contributed by atoms with Crippen molar-refractivity contribution in [2.45, 2.75) is 26.3 Å². The van der Waals surface area contributed by atoms with Gasteiger partial charge in [0.2, 0.25) is 5.91 Å². The van der Waals surface area contributed by atoms with Crippen molar-refractivity contribution in [3.63, 3.8) is 0 Å². The third-order valence-electron chi connectivity index (χ3n) is 2.06. The van der Waals surface area contributed by atoms with Gasteiger partial charge in [0.25, 0.3) is 0 Å². The Morgan fingerprint density at radius 1 is 1.60 bits per heavy atom. The highest BCUT2D eigenvalue weighted by molar-refractivity contribution is 7.99. The van der Waals surface area contributed by atoms with E-state index in [1.54, 1.807) is 11.8 Å². The summed E-state index contributed by atoms with van der Waals surface area (Å²) < 4.78 is 0. The molecule has 0 aromatic heterocycles. The molecule has 0 aromatic rings. The maximum absolute atomic E-state index is 11.0. The van der Waals surface area contributed by atoms with Gasteiger partial charge in [-0.25, -0.2) is 0 Å².